The molecule has 1 amide bonds. The van der Waals surface area contributed by atoms with E-state index in [1.165, 1.54) is 5.56 Å². The van der Waals surface area contributed by atoms with Crippen LogP contribution in [0.1, 0.15) is 39.2 Å². The van der Waals surface area contributed by atoms with Crippen molar-refractivity contribution >= 4 is 5.91 Å². The minimum Gasteiger partial charge on any atom is -0.337 e. The largest absolute Gasteiger partial charge is 0.337 e. The van der Waals surface area contributed by atoms with Crippen LogP contribution in [-0.4, -0.2) is 41.4 Å². The van der Waals surface area contributed by atoms with Crippen LogP contribution in [0, 0.1) is 5.92 Å². The van der Waals surface area contributed by atoms with Crippen molar-refractivity contribution in [3.8, 4) is 0 Å². The lowest BCUT2D eigenvalue weighted by Crippen LogP contribution is -2.55. The van der Waals surface area contributed by atoms with Gasteiger partial charge in [-0.2, -0.15) is 0 Å². The highest BCUT2D eigenvalue weighted by Gasteiger charge is 2.30. The maximum atomic E-state index is 12.5. The lowest BCUT2D eigenvalue weighted by atomic mass is 10.0. The fourth-order valence-electron chi connectivity index (χ4n) is 3.00. The van der Waals surface area contributed by atoms with Gasteiger partial charge < -0.3 is 4.90 Å². The maximum Gasteiger partial charge on any atom is 0.225 e. The molecule has 1 aromatic rings. The standard InChI is InChI=1S/C18H28N2O/c1-4-15(3)18(21)20-12-11-19(14-17(20)5-2)13-16-9-7-6-8-10-16/h6-10,15,17H,4-5,11-14H2,1-3H3/t15-,17+/m0/s1. The Kier molecular flexibility index (Phi) is 5.80. The Bertz CT molecular complexity index is 446. The van der Waals surface area contributed by atoms with Gasteiger partial charge >= 0.3 is 0 Å². The number of nitrogens with zero attached hydrogens (tertiary/aromatic N) is 2. The van der Waals surface area contributed by atoms with Crippen LogP contribution < -0.4 is 0 Å². The van der Waals surface area contributed by atoms with Gasteiger partial charge in [0, 0.05) is 38.1 Å². The SMILES string of the molecule is CC[C@@H]1CN(Cc2ccccc2)CCN1C(=O)[C@@H](C)CC. The first-order valence-corrected chi connectivity index (χ1v) is 8.22. The van der Waals surface area contributed by atoms with Crippen LogP contribution in [0.2, 0.25) is 0 Å². The highest BCUT2D eigenvalue weighted by Crippen LogP contribution is 2.19. The van der Waals surface area contributed by atoms with Crippen molar-refractivity contribution in [2.24, 2.45) is 5.92 Å². The van der Waals surface area contributed by atoms with Gasteiger partial charge in [0.05, 0.1) is 0 Å². The minimum absolute atomic E-state index is 0.153. The highest BCUT2D eigenvalue weighted by atomic mass is 16.2. The van der Waals surface area contributed by atoms with Gasteiger partial charge in [-0.3, -0.25) is 9.69 Å². The average Bonchev–Trinajstić information content (AvgIpc) is 2.54. The Morgan fingerprint density at radius 3 is 2.57 bits per heavy atom. The number of hydrogen-bond donors (Lipinski definition) is 0. The van der Waals surface area contributed by atoms with Gasteiger partial charge in [0.15, 0.2) is 0 Å². The first-order valence-electron chi connectivity index (χ1n) is 8.22. The molecule has 0 bridgehead atoms. The predicted octanol–water partition coefficient (Wildman–Crippen LogP) is 3.16. The Morgan fingerprint density at radius 2 is 1.95 bits per heavy atom. The summed E-state index contributed by atoms with van der Waals surface area (Å²) < 4.78 is 0. The monoisotopic (exact) mass is 288 g/mol. The summed E-state index contributed by atoms with van der Waals surface area (Å²) in [5.41, 5.74) is 1.36. The summed E-state index contributed by atoms with van der Waals surface area (Å²) in [6, 6.07) is 11.0. The van der Waals surface area contributed by atoms with Gasteiger partial charge in [-0.1, -0.05) is 51.1 Å². The zero-order chi connectivity index (χ0) is 15.2. The highest BCUT2D eigenvalue weighted by molar-refractivity contribution is 5.78. The molecule has 2 rings (SSSR count). The fraction of sp³-hybridized carbons (Fsp3) is 0.611. The molecule has 116 valence electrons. The van der Waals surface area contributed by atoms with E-state index in [0.29, 0.717) is 11.9 Å². The molecular weight excluding hydrogens is 260 g/mol. The normalized spacial score (nSPS) is 21.3. The van der Waals surface area contributed by atoms with E-state index in [2.05, 4.69) is 54.0 Å². The van der Waals surface area contributed by atoms with Crippen molar-refractivity contribution in [3.05, 3.63) is 35.9 Å². The molecule has 1 saturated heterocycles. The van der Waals surface area contributed by atoms with Crippen LogP contribution >= 0.6 is 0 Å². The number of rotatable bonds is 5. The maximum absolute atomic E-state index is 12.5. The predicted molar refractivity (Wildman–Crippen MR) is 87.0 cm³/mol. The Labute approximate surface area is 128 Å². The molecule has 21 heavy (non-hydrogen) atoms. The molecule has 0 saturated carbocycles. The van der Waals surface area contributed by atoms with E-state index < -0.39 is 0 Å². The van der Waals surface area contributed by atoms with Crippen LogP contribution in [0.5, 0.6) is 0 Å². The summed E-state index contributed by atoms with van der Waals surface area (Å²) in [6.07, 6.45) is 1.97. The molecule has 0 aromatic heterocycles. The van der Waals surface area contributed by atoms with E-state index in [4.69, 9.17) is 0 Å². The summed E-state index contributed by atoms with van der Waals surface area (Å²) in [4.78, 5) is 17.1. The number of carbonyl (C=O) groups is 1. The summed E-state index contributed by atoms with van der Waals surface area (Å²) >= 11 is 0. The molecule has 0 unspecified atom stereocenters. The van der Waals surface area contributed by atoms with Gasteiger partial charge in [-0.25, -0.2) is 0 Å². The van der Waals surface area contributed by atoms with Crippen molar-refractivity contribution in [2.75, 3.05) is 19.6 Å². The lowest BCUT2D eigenvalue weighted by molar-refractivity contribution is -0.140. The Hall–Kier alpha value is -1.35. The minimum atomic E-state index is 0.153. The lowest BCUT2D eigenvalue weighted by Gasteiger charge is -2.42. The molecule has 1 heterocycles. The topological polar surface area (TPSA) is 23.6 Å². The van der Waals surface area contributed by atoms with E-state index in [9.17, 15) is 4.79 Å². The zero-order valence-electron chi connectivity index (χ0n) is 13.6. The first-order chi connectivity index (χ1) is 10.2. The smallest absolute Gasteiger partial charge is 0.225 e. The zero-order valence-corrected chi connectivity index (χ0v) is 13.6. The van der Waals surface area contributed by atoms with Gasteiger partial charge in [-0.05, 0) is 18.4 Å². The molecule has 0 spiro atoms. The molecule has 1 aliphatic rings. The van der Waals surface area contributed by atoms with Gasteiger partial charge in [0.1, 0.15) is 0 Å². The third-order valence-corrected chi connectivity index (χ3v) is 4.60. The summed E-state index contributed by atoms with van der Waals surface area (Å²) in [5.74, 6) is 0.489. The van der Waals surface area contributed by atoms with E-state index in [1.54, 1.807) is 0 Å². The molecule has 3 nitrogen and oxygen atoms in total. The van der Waals surface area contributed by atoms with E-state index in [1.807, 2.05) is 6.92 Å². The van der Waals surface area contributed by atoms with Crippen molar-refractivity contribution in [3.63, 3.8) is 0 Å². The molecule has 2 atom stereocenters. The van der Waals surface area contributed by atoms with E-state index in [0.717, 1.165) is 39.0 Å². The number of amides is 1. The third kappa shape index (κ3) is 4.07. The summed E-state index contributed by atoms with van der Waals surface area (Å²) in [7, 11) is 0. The number of carbonyl (C=O) groups excluding carboxylic acids is 1. The quantitative estimate of drug-likeness (QED) is 0.831. The van der Waals surface area contributed by atoms with Gasteiger partial charge in [0.25, 0.3) is 0 Å². The van der Waals surface area contributed by atoms with E-state index in [-0.39, 0.29) is 5.92 Å². The second-order valence-electron chi connectivity index (χ2n) is 6.12. The summed E-state index contributed by atoms with van der Waals surface area (Å²) in [6.45, 7) is 10.2. The third-order valence-electron chi connectivity index (χ3n) is 4.60. The van der Waals surface area contributed by atoms with E-state index >= 15 is 0 Å². The van der Waals surface area contributed by atoms with Crippen LogP contribution in [0.3, 0.4) is 0 Å². The van der Waals surface area contributed by atoms with Crippen LogP contribution in [0.4, 0.5) is 0 Å². The first kappa shape index (κ1) is 16.0. The molecule has 1 aliphatic heterocycles. The molecule has 0 radical (unpaired) electrons. The number of benzene rings is 1. The molecule has 3 heteroatoms. The molecule has 1 fully saturated rings. The van der Waals surface area contributed by atoms with Gasteiger partial charge in [0.2, 0.25) is 5.91 Å². The number of hydrogen-bond acceptors (Lipinski definition) is 2. The Balaban J connectivity index is 1.96. The molecule has 1 aromatic carbocycles. The van der Waals surface area contributed by atoms with Gasteiger partial charge in [-0.15, -0.1) is 0 Å². The van der Waals surface area contributed by atoms with Crippen molar-refractivity contribution in [1.82, 2.24) is 9.80 Å². The van der Waals surface area contributed by atoms with Crippen LogP contribution in [-0.2, 0) is 11.3 Å². The second-order valence-corrected chi connectivity index (χ2v) is 6.12. The summed E-state index contributed by atoms with van der Waals surface area (Å²) in [5, 5.41) is 0. The fourth-order valence-corrected chi connectivity index (χ4v) is 3.00. The second kappa shape index (κ2) is 7.60. The van der Waals surface area contributed by atoms with Crippen molar-refractivity contribution < 1.29 is 4.79 Å². The molecule has 0 N–H and O–H groups in total. The number of piperazine rings is 1. The molecular formula is C18H28N2O. The van der Waals surface area contributed by atoms with Crippen molar-refractivity contribution in [1.29, 1.82) is 0 Å². The average molecular weight is 288 g/mol. The van der Waals surface area contributed by atoms with Crippen LogP contribution in [0.15, 0.2) is 30.3 Å². The molecule has 0 aliphatic carbocycles. The van der Waals surface area contributed by atoms with Crippen molar-refractivity contribution in [2.45, 2.75) is 46.2 Å². The van der Waals surface area contributed by atoms with Crippen LogP contribution in [0.25, 0.3) is 0 Å². The Morgan fingerprint density at radius 1 is 1.24 bits per heavy atom.